The van der Waals surface area contributed by atoms with E-state index in [1.807, 2.05) is 24.3 Å². The topological polar surface area (TPSA) is 44.5 Å². The number of hydrogen-bond donors (Lipinski definition) is 1. The highest BCUT2D eigenvalue weighted by molar-refractivity contribution is 5.39. The molecule has 1 saturated heterocycles. The van der Waals surface area contributed by atoms with Gasteiger partial charge >= 0.3 is 0 Å². The molecule has 1 fully saturated rings. The Labute approximate surface area is 96.5 Å². The van der Waals surface area contributed by atoms with Gasteiger partial charge in [0.05, 0.1) is 12.2 Å². The zero-order valence-electron chi connectivity index (χ0n) is 9.69. The summed E-state index contributed by atoms with van der Waals surface area (Å²) in [5.74, 6) is 0. The van der Waals surface area contributed by atoms with Crippen LogP contribution in [0.2, 0.25) is 0 Å². The number of rotatable bonds is 3. The minimum absolute atomic E-state index is 0.128. The Bertz CT molecular complexity index is 317. The Morgan fingerprint density at radius 1 is 1.25 bits per heavy atom. The van der Waals surface area contributed by atoms with Gasteiger partial charge in [-0.3, -0.25) is 0 Å². The molecule has 1 aliphatic rings. The quantitative estimate of drug-likeness (QED) is 0.798. The second kappa shape index (κ2) is 5.32. The summed E-state index contributed by atoms with van der Waals surface area (Å²) in [6.45, 7) is 3.72. The minimum Gasteiger partial charge on any atom is -0.399 e. The lowest BCUT2D eigenvalue weighted by molar-refractivity contribution is -0.0635. The van der Waals surface area contributed by atoms with Gasteiger partial charge in [-0.1, -0.05) is 12.1 Å². The first-order chi connectivity index (χ1) is 7.75. The normalized spacial score (nSPS) is 19.6. The average Bonchev–Trinajstić information content (AvgIpc) is 2.31. The average molecular weight is 221 g/mol. The van der Waals surface area contributed by atoms with Crippen LogP contribution < -0.4 is 5.73 Å². The van der Waals surface area contributed by atoms with Gasteiger partial charge in [0.2, 0.25) is 0 Å². The fourth-order valence-electron chi connectivity index (χ4n) is 1.95. The maximum atomic E-state index is 6.00. The molecule has 0 bridgehead atoms. The van der Waals surface area contributed by atoms with Crippen molar-refractivity contribution in [3.63, 3.8) is 0 Å². The summed E-state index contributed by atoms with van der Waals surface area (Å²) in [6, 6.07) is 7.89. The molecule has 1 aromatic rings. The van der Waals surface area contributed by atoms with Gasteiger partial charge in [-0.15, -0.1) is 0 Å². The van der Waals surface area contributed by atoms with Crippen LogP contribution in [0.1, 0.15) is 31.4 Å². The highest BCUT2D eigenvalue weighted by atomic mass is 16.5. The number of nitrogens with two attached hydrogens (primary N) is 1. The maximum Gasteiger partial charge on any atom is 0.0800 e. The molecule has 1 heterocycles. The summed E-state index contributed by atoms with van der Waals surface area (Å²) < 4.78 is 11.3. The van der Waals surface area contributed by atoms with E-state index in [4.69, 9.17) is 15.2 Å². The Kier molecular flexibility index (Phi) is 3.80. The number of benzene rings is 1. The molecule has 0 aliphatic carbocycles. The van der Waals surface area contributed by atoms with Gasteiger partial charge in [0.15, 0.2) is 0 Å². The van der Waals surface area contributed by atoms with Crippen molar-refractivity contribution in [1.82, 2.24) is 0 Å². The predicted octanol–water partition coefficient (Wildman–Crippen LogP) is 2.53. The summed E-state index contributed by atoms with van der Waals surface area (Å²) in [5, 5.41) is 0. The second-order valence-corrected chi connectivity index (χ2v) is 4.26. The highest BCUT2D eigenvalue weighted by Gasteiger charge is 2.17. The summed E-state index contributed by atoms with van der Waals surface area (Å²) in [6.07, 6.45) is 2.46. The Balaban J connectivity index is 1.91. The van der Waals surface area contributed by atoms with Crippen molar-refractivity contribution in [1.29, 1.82) is 0 Å². The van der Waals surface area contributed by atoms with E-state index in [-0.39, 0.29) is 6.10 Å². The smallest absolute Gasteiger partial charge is 0.0800 e. The molecule has 3 heteroatoms. The van der Waals surface area contributed by atoms with Crippen molar-refractivity contribution in [2.75, 3.05) is 18.9 Å². The van der Waals surface area contributed by atoms with Crippen LogP contribution in [0.3, 0.4) is 0 Å². The van der Waals surface area contributed by atoms with Crippen molar-refractivity contribution in [3.05, 3.63) is 29.8 Å². The molecular formula is C13H19NO2. The standard InChI is InChI=1S/C13H19NO2/c1-10(11-2-4-12(14)5-3-11)16-13-6-8-15-9-7-13/h2-5,10,13H,6-9,14H2,1H3. The Hall–Kier alpha value is -1.06. The molecule has 2 rings (SSSR count). The molecule has 88 valence electrons. The molecule has 0 radical (unpaired) electrons. The van der Waals surface area contributed by atoms with Crippen LogP contribution in [0.25, 0.3) is 0 Å². The lowest BCUT2D eigenvalue weighted by Crippen LogP contribution is -2.24. The van der Waals surface area contributed by atoms with Crippen molar-refractivity contribution >= 4 is 5.69 Å². The van der Waals surface area contributed by atoms with Crippen LogP contribution in [-0.2, 0) is 9.47 Å². The van der Waals surface area contributed by atoms with Crippen molar-refractivity contribution < 1.29 is 9.47 Å². The van der Waals surface area contributed by atoms with E-state index in [0.717, 1.165) is 31.7 Å². The van der Waals surface area contributed by atoms with Gasteiger partial charge in [0, 0.05) is 18.9 Å². The van der Waals surface area contributed by atoms with Crippen LogP contribution in [0, 0.1) is 0 Å². The number of nitrogen functional groups attached to an aromatic ring is 1. The van der Waals surface area contributed by atoms with Crippen LogP contribution >= 0.6 is 0 Å². The summed E-state index contributed by atoms with van der Waals surface area (Å²) in [4.78, 5) is 0. The van der Waals surface area contributed by atoms with Crippen molar-refractivity contribution in [2.45, 2.75) is 32.0 Å². The van der Waals surface area contributed by atoms with Crippen LogP contribution in [0.4, 0.5) is 5.69 Å². The van der Waals surface area contributed by atoms with Crippen molar-refractivity contribution in [3.8, 4) is 0 Å². The molecule has 0 saturated carbocycles. The molecule has 0 amide bonds. The molecule has 1 atom stereocenters. The van der Waals surface area contributed by atoms with E-state index in [2.05, 4.69) is 6.92 Å². The molecular weight excluding hydrogens is 202 g/mol. The van der Waals surface area contributed by atoms with Crippen LogP contribution in [-0.4, -0.2) is 19.3 Å². The van der Waals surface area contributed by atoms with Gasteiger partial charge in [0.1, 0.15) is 0 Å². The third kappa shape index (κ3) is 2.97. The Morgan fingerprint density at radius 2 is 1.88 bits per heavy atom. The number of anilines is 1. The fourth-order valence-corrected chi connectivity index (χ4v) is 1.95. The first kappa shape index (κ1) is 11.4. The highest BCUT2D eigenvalue weighted by Crippen LogP contribution is 2.23. The summed E-state index contributed by atoms with van der Waals surface area (Å²) >= 11 is 0. The molecule has 1 aliphatic heterocycles. The van der Waals surface area contributed by atoms with Gasteiger partial charge in [-0.25, -0.2) is 0 Å². The number of hydrogen-bond acceptors (Lipinski definition) is 3. The molecule has 0 aromatic heterocycles. The lowest BCUT2D eigenvalue weighted by atomic mass is 10.1. The fraction of sp³-hybridized carbons (Fsp3) is 0.538. The predicted molar refractivity (Wildman–Crippen MR) is 64.2 cm³/mol. The lowest BCUT2D eigenvalue weighted by Gasteiger charge is -2.26. The molecule has 3 nitrogen and oxygen atoms in total. The Morgan fingerprint density at radius 3 is 2.50 bits per heavy atom. The summed E-state index contributed by atoms with van der Waals surface area (Å²) in [5.41, 5.74) is 7.63. The zero-order valence-corrected chi connectivity index (χ0v) is 9.69. The zero-order chi connectivity index (χ0) is 11.4. The minimum atomic E-state index is 0.128. The number of ether oxygens (including phenoxy) is 2. The van der Waals surface area contributed by atoms with E-state index in [9.17, 15) is 0 Å². The van der Waals surface area contributed by atoms with E-state index in [1.54, 1.807) is 0 Å². The first-order valence-electron chi connectivity index (χ1n) is 5.84. The monoisotopic (exact) mass is 221 g/mol. The maximum absolute atomic E-state index is 6.00. The van der Waals surface area contributed by atoms with Crippen LogP contribution in [0.5, 0.6) is 0 Å². The molecule has 2 N–H and O–H groups in total. The van der Waals surface area contributed by atoms with E-state index >= 15 is 0 Å². The SMILES string of the molecule is CC(OC1CCOCC1)c1ccc(N)cc1. The van der Waals surface area contributed by atoms with Crippen molar-refractivity contribution in [2.24, 2.45) is 0 Å². The van der Waals surface area contributed by atoms with Gasteiger partial charge < -0.3 is 15.2 Å². The molecule has 16 heavy (non-hydrogen) atoms. The molecule has 1 unspecified atom stereocenters. The first-order valence-corrected chi connectivity index (χ1v) is 5.84. The van der Waals surface area contributed by atoms with Gasteiger partial charge in [0.25, 0.3) is 0 Å². The van der Waals surface area contributed by atoms with E-state index in [0.29, 0.717) is 6.10 Å². The van der Waals surface area contributed by atoms with E-state index in [1.165, 1.54) is 5.56 Å². The van der Waals surface area contributed by atoms with Gasteiger partial charge in [-0.05, 0) is 37.5 Å². The third-order valence-corrected chi connectivity index (χ3v) is 2.97. The molecule has 0 spiro atoms. The largest absolute Gasteiger partial charge is 0.399 e. The summed E-state index contributed by atoms with van der Waals surface area (Å²) in [7, 11) is 0. The van der Waals surface area contributed by atoms with Gasteiger partial charge in [-0.2, -0.15) is 0 Å². The second-order valence-electron chi connectivity index (χ2n) is 4.26. The van der Waals surface area contributed by atoms with E-state index < -0.39 is 0 Å². The van der Waals surface area contributed by atoms with Crippen LogP contribution in [0.15, 0.2) is 24.3 Å². The third-order valence-electron chi connectivity index (χ3n) is 2.97. The molecule has 1 aromatic carbocycles.